The number of amides is 2. The number of carboxylic acid groups (broad SMARTS) is 2. The topological polar surface area (TPSA) is 375 Å². The van der Waals surface area contributed by atoms with Gasteiger partial charge < -0.3 is 66.6 Å². The number of nitrogens with two attached hydrogens (primary N) is 1. The quantitative estimate of drug-likeness (QED) is 0.00914. The van der Waals surface area contributed by atoms with Gasteiger partial charge in [0, 0.05) is 46.1 Å². The van der Waals surface area contributed by atoms with Gasteiger partial charge in [-0.05, 0) is 136 Å². The van der Waals surface area contributed by atoms with Gasteiger partial charge in [-0.3, -0.25) is 19.2 Å². The lowest BCUT2D eigenvalue weighted by Crippen LogP contribution is -2.48. The number of hydrogen-bond acceptors (Lipinski definition) is 19. The van der Waals surface area contributed by atoms with Gasteiger partial charge in [0.15, 0.2) is 18.3 Å². The molecule has 0 spiro atoms. The number of nitrogens with zero attached hydrogens (tertiary/aromatic N) is 6. The number of aliphatic hydroxyl groups is 2. The van der Waals surface area contributed by atoms with Crippen molar-refractivity contribution in [3.63, 3.8) is 0 Å². The monoisotopic (exact) mass is 1300 g/mol. The summed E-state index contributed by atoms with van der Waals surface area (Å²) in [5.74, 6) is -4.89. The number of carboxylic acids is 2. The number of rotatable bonds is 26. The normalized spacial score (nSPS) is 13.1. The van der Waals surface area contributed by atoms with Gasteiger partial charge in [0.25, 0.3) is 18.6 Å². The number of halogens is 3. The van der Waals surface area contributed by atoms with Gasteiger partial charge in [0.2, 0.25) is 0 Å². The SMILES string of the molecule is CB(O)N[C@H](C(=O)OCCl)C(C)C.CC(C)[C@@H](N)C(=O)OCOn1nnc2ccc(C(=O)N[C@H](Cc3ccc(-c4cccc(Cl)c4)cc3)C[C@@H](O)C(=O)O)cc21.O=C(N[C@H](Cc1ccc(-c2cccc(Cl)c2)cc1)C[C@@H](O)C(=O)O)c1ccc2nnn(O)c2c1. The summed E-state index contributed by atoms with van der Waals surface area (Å²) < 4.78 is 9.66. The number of fused-ring (bicyclic) bond motifs is 2. The number of aliphatic hydroxyl groups excluding tert-OH is 2. The Kier molecular flexibility index (Phi) is 26.4. The van der Waals surface area contributed by atoms with E-state index in [9.17, 15) is 49.3 Å². The van der Waals surface area contributed by atoms with Crippen molar-refractivity contribution >= 4 is 99.6 Å². The van der Waals surface area contributed by atoms with E-state index in [0.717, 1.165) is 38.2 Å². The first kappa shape index (κ1) is 70.4. The van der Waals surface area contributed by atoms with Crippen LogP contribution in [0.3, 0.4) is 0 Å². The van der Waals surface area contributed by atoms with E-state index in [0.29, 0.717) is 37.9 Å². The van der Waals surface area contributed by atoms with Crippen molar-refractivity contribution < 1.29 is 73.7 Å². The summed E-state index contributed by atoms with van der Waals surface area (Å²) >= 11 is 17.4. The molecule has 25 nitrogen and oxygen atoms in total. The number of nitrogens with one attached hydrogen (secondary N) is 3. The first-order valence-electron chi connectivity index (χ1n) is 28.1. The van der Waals surface area contributed by atoms with E-state index in [1.54, 1.807) is 44.9 Å². The van der Waals surface area contributed by atoms with Gasteiger partial charge in [-0.15, -0.1) is 10.2 Å². The number of hydrogen-bond donors (Lipinski definition) is 10. The molecule has 29 heteroatoms. The van der Waals surface area contributed by atoms with Gasteiger partial charge in [-0.2, -0.15) is 0 Å². The van der Waals surface area contributed by atoms with Crippen LogP contribution in [0.4, 0.5) is 0 Å². The standard InChI is InChI=1S/C30H32ClN5O7.C24H21ClN4O5.C7H15BClNO3/c1-17(2)27(32)30(41)42-16-43-36-25-14-21(10-11-24(25)34-35-36)28(38)33-23(15-26(37)29(39)40)12-18-6-8-19(9-7-18)20-4-3-5-22(31)13-20;25-18-3-1-2-16(11-18)15-6-4-14(5-7-15)10-19(13-22(30)24(32)33)26-23(31)17-8-9-20-21(12-17)29(34)28-27-20;1-5(2)6(10-8(3)12)7(11)13-4-9/h3-11,13-14,17,23,26-27,37H,12,15-16,32H2,1-2H3,(H,33,38)(H,39,40);1-9,11-12,19,22,30,34H,10,13H2,(H,26,31)(H,32,33);5-6,10,12H,4H2,1-3H3/t23-,26-,27-;19-,22-;6-/m110/s1. The van der Waals surface area contributed by atoms with Crippen LogP contribution in [0.25, 0.3) is 44.3 Å². The molecule has 0 fully saturated rings. The minimum absolute atomic E-state index is 0.0466. The lowest BCUT2D eigenvalue weighted by Gasteiger charge is -2.21. The number of aliphatic carboxylic acids is 2. The largest absolute Gasteiger partial charge is 0.479 e. The van der Waals surface area contributed by atoms with Crippen LogP contribution in [0.5, 0.6) is 0 Å². The molecule has 0 aliphatic carbocycles. The Morgan fingerprint density at radius 2 is 1.08 bits per heavy atom. The van der Waals surface area contributed by atoms with Crippen LogP contribution < -0.4 is 26.4 Å². The van der Waals surface area contributed by atoms with Crippen LogP contribution in [0.2, 0.25) is 16.9 Å². The molecule has 0 unspecified atom stereocenters. The van der Waals surface area contributed by atoms with Crippen LogP contribution in [0, 0.1) is 11.8 Å². The highest BCUT2D eigenvalue weighted by atomic mass is 35.5. The van der Waals surface area contributed by atoms with E-state index in [-0.39, 0.29) is 53.8 Å². The van der Waals surface area contributed by atoms with Gasteiger partial charge in [0.1, 0.15) is 34.2 Å². The Labute approximate surface area is 532 Å². The maximum Gasteiger partial charge on any atom is 0.374 e. The lowest BCUT2D eigenvalue weighted by molar-refractivity contribution is -0.160. The maximum atomic E-state index is 13.3. The number of carbonyl (C=O) groups excluding carboxylic acids is 4. The molecule has 0 saturated carbocycles. The third-order valence-electron chi connectivity index (χ3n) is 13.7. The second-order valence-corrected chi connectivity index (χ2v) is 22.4. The fourth-order valence-corrected chi connectivity index (χ4v) is 9.35. The summed E-state index contributed by atoms with van der Waals surface area (Å²) in [5.41, 5.74) is 13.1. The highest BCUT2D eigenvalue weighted by molar-refractivity contribution is 6.46. The van der Waals surface area contributed by atoms with E-state index >= 15 is 0 Å². The van der Waals surface area contributed by atoms with Crippen LogP contribution in [-0.4, -0.2) is 153 Å². The molecule has 2 heterocycles. The van der Waals surface area contributed by atoms with E-state index in [4.69, 9.17) is 60.2 Å². The Hall–Kier alpha value is -8.73. The molecule has 8 aromatic rings. The second kappa shape index (κ2) is 33.7. The average molecular weight is 1300 g/mol. The lowest BCUT2D eigenvalue weighted by atomic mass is 9.85. The molecule has 2 amide bonds. The first-order valence-corrected chi connectivity index (χ1v) is 29.3. The van der Waals surface area contributed by atoms with E-state index in [2.05, 4.69) is 41.2 Å². The Balaban J connectivity index is 0.000000244. The number of ether oxygens (including phenoxy) is 2. The minimum Gasteiger partial charge on any atom is -0.479 e. The molecular weight excluding hydrogens is 1230 g/mol. The number of carbonyl (C=O) groups is 6. The third-order valence-corrected chi connectivity index (χ3v) is 14.3. The van der Waals surface area contributed by atoms with Crippen molar-refractivity contribution in [2.75, 3.05) is 12.9 Å². The molecule has 6 atom stereocenters. The second-order valence-electron chi connectivity index (χ2n) is 21.3. The summed E-state index contributed by atoms with van der Waals surface area (Å²) in [6.07, 6.45) is -3.15. The molecular formula is C61H68BCl3N10O15. The fraction of sp³-hybridized carbons (Fsp3) is 0.311. The maximum absolute atomic E-state index is 13.3. The molecule has 0 bridgehead atoms. The third kappa shape index (κ3) is 20.9. The highest BCUT2D eigenvalue weighted by Crippen LogP contribution is 2.26. The zero-order valence-corrected chi connectivity index (χ0v) is 51.7. The summed E-state index contributed by atoms with van der Waals surface area (Å²) in [4.78, 5) is 78.9. The molecule has 0 aliphatic heterocycles. The van der Waals surface area contributed by atoms with Crippen LogP contribution >= 0.6 is 34.8 Å². The molecule has 6 aromatic carbocycles. The number of aromatic nitrogens is 6. The van der Waals surface area contributed by atoms with E-state index in [1.807, 2.05) is 98.8 Å². The van der Waals surface area contributed by atoms with Gasteiger partial charge in [-0.25, -0.2) is 9.59 Å². The molecule has 476 valence electrons. The Morgan fingerprint density at radius 3 is 1.51 bits per heavy atom. The van der Waals surface area contributed by atoms with Crippen molar-refractivity contribution in [2.24, 2.45) is 17.6 Å². The zero-order valence-electron chi connectivity index (χ0n) is 49.4. The van der Waals surface area contributed by atoms with Crippen molar-refractivity contribution in [1.29, 1.82) is 0 Å². The predicted octanol–water partition coefficient (Wildman–Crippen LogP) is 6.46. The van der Waals surface area contributed by atoms with Crippen LogP contribution in [0.1, 0.15) is 72.4 Å². The van der Waals surface area contributed by atoms with Crippen molar-refractivity contribution in [1.82, 2.24) is 46.2 Å². The molecule has 11 N–H and O–H groups in total. The van der Waals surface area contributed by atoms with E-state index in [1.165, 1.54) is 24.3 Å². The summed E-state index contributed by atoms with van der Waals surface area (Å²) in [5, 5.41) is 81.8. The Morgan fingerprint density at radius 1 is 0.611 bits per heavy atom. The summed E-state index contributed by atoms with van der Waals surface area (Å²) in [7, 11) is -0.740. The molecule has 0 aliphatic rings. The van der Waals surface area contributed by atoms with Gasteiger partial charge >= 0.3 is 30.9 Å². The molecule has 90 heavy (non-hydrogen) atoms. The number of benzene rings is 6. The molecule has 2 aromatic heterocycles. The predicted molar refractivity (Wildman–Crippen MR) is 335 cm³/mol. The van der Waals surface area contributed by atoms with Crippen molar-refractivity contribution in [3.05, 3.63) is 166 Å². The molecule has 0 saturated heterocycles. The van der Waals surface area contributed by atoms with Crippen molar-refractivity contribution in [2.45, 2.75) is 96.6 Å². The fourth-order valence-electron chi connectivity index (χ4n) is 8.86. The minimum atomic E-state index is -1.68. The number of esters is 2. The Bertz CT molecular complexity index is 3730. The molecule has 0 radical (unpaired) electrons. The zero-order chi connectivity index (χ0) is 65.8. The average Bonchev–Trinajstić information content (AvgIpc) is 1.93. The van der Waals surface area contributed by atoms with E-state index < -0.39 is 85.9 Å². The first-order chi connectivity index (χ1) is 42.8. The molecule has 8 rings (SSSR count). The van der Waals surface area contributed by atoms with Crippen LogP contribution in [-0.2, 0) is 41.5 Å². The van der Waals surface area contributed by atoms with Crippen molar-refractivity contribution in [3.8, 4) is 22.3 Å². The summed E-state index contributed by atoms with van der Waals surface area (Å²) in [6, 6.07) is 36.2. The highest BCUT2D eigenvalue weighted by Gasteiger charge is 2.27. The van der Waals surface area contributed by atoms with Gasteiger partial charge in [-0.1, -0.05) is 145 Å². The smallest absolute Gasteiger partial charge is 0.374 e. The van der Waals surface area contributed by atoms with Crippen LogP contribution in [0.15, 0.2) is 133 Å². The number of alkyl halides is 1. The van der Waals surface area contributed by atoms with Gasteiger partial charge in [0.05, 0.1) is 0 Å². The summed E-state index contributed by atoms with van der Waals surface area (Å²) in [6.45, 7) is 8.36.